The van der Waals surface area contributed by atoms with E-state index < -0.39 is 0 Å². The van der Waals surface area contributed by atoms with E-state index in [1.54, 1.807) is 12.1 Å². The number of hydrogen-bond acceptors (Lipinski definition) is 3. The summed E-state index contributed by atoms with van der Waals surface area (Å²) >= 11 is 3.49. The van der Waals surface area contributed by atoms with E-state index in [-0.39, 0.29) is 5.82 Å². The van der Waals surface area contributed by atoms with Gasteiger partial charge in [0.05, 0.1) is 0 Å². The van der Waals surface area contributed by atoms with Crippen LogP contribution in [0.3, 0.4) is 0 Å². The molecule has 0 bridgehead atoms. The van der Waals surface area contributed by atoms with Gasteiger partial charge in [-0.25, -0.2) is 9.82 Å². The largest absolute Gasteiger partial charge is 0.489 e. The average molecular weight is 401 g/mol. The van der Waals surface area contributed by atoms with Crippen LogP contribution in [0.25, 0.3) is 0 Å². The molecule has 2 N–H and O–H groups in total. The minimum atomic E-state index is -0.246. The van der Waals surface area contributed by atoms with Crippen LogP contribution >= 0.6 is 15.9 Å². The molecule has 3 aromatic carbocycles. The van der Waals surface area contributed by atoms with Crippen molar-refractivity contribution >= 4 is 21.6 Å². The molecule has 3 nitrogen and oxygen atoms in total. The molecule has 128 valence electrons. The van der Waals surface area contributed by atoms with Crippen molar-refractivity contribution in [2.45, 2.75) is 13.2 Å². The Hall–Kier alpha value is -2.37. The number of ether oxygens (including phenoxy) is 1. The first-order chi connectivity index (χ1) is 12.2. The third-order valence-corrected chi connectivity index (χ3v) is 4.11. The number of benzene rings is 3. The third-order valence-electron chi connectivity index (χ3n) is 3.62. The van der Waals surface area contributed by atoms with Crippen LogP contribution in [-0.4, -0.2) is 0 Å². The number of halogens is 2. The number of hydrogen-bond donors (Lipinski definition) is 2. The number of anilines is 1. The van der Waals surface area contributed by atoms with E-state index in [0.29, 0.717) is 13.2 Å². The molecule has 0 aliphatic carbocycles. The molecule has 0 aliphatic rings. The fourth-order valence-electron chi connectivity index (χ4n) is 2.33. The van der Waals surface area contributed by atoms with Crippen LogP contribution in [0.15, 0.2) is 77.3 Å². The van der Waals surface area contributed by atoms with Crippen molar-refractivity contribution in [2.75, 3.05) is 5.43 Å². The van der Waals surface area contributed by atoms with Crippen molar-refractivity contribution in [3.8, 4) is 5.75 Å². The van der Waals surface area contributed by atoms with Crippen molar-refractivity contribution in [1.29, 1.82) is 0 Å². The van der Waals surface area contributed by atoms with Crippen LogP contribution in [0.5, 0.6) is 5.75 Å². The van der Waals surface area contributed by atoms with Gasteiger partial charge >= 0.3 is 0 Å². The Balaban J connectivity index is 1.62. The summed E-state index contributed by atoms with van der Waals surface area (Å²) in [6.07, 6.45) is 0. The maximum Gasteiger partial charge on any atom is 0.124 e. The first-order valence-corrected chi connectivity index (χ1v) is 8.69. The fourth-order valence-corrected chi connectivity index (χ4v) is 2.74. The smallest absolute Gasteiger partial charge is 0.124 e. The molecular formula is C20H18BrFN2O. The van der Waals surface area contributed by atoms with E-state index in [4.69, 9.17) is 4.74 Å². The average Bonchev–Trinajstić information content (AvgIpc) is 2.63. The van der Waals surface area contributed by atoms with Crippen LogP contribution in [-0.2, 0) is 13.2 Å². The minimum Gasteiger partial charge on any atom is -0.489 e. The van der Waals surface area contributed by atoms with E-state index in [1.807, 2.05) is 48.5 Å². The number of para-hydroxylation sites is 1. The van der Waals surface area contributed by atoms with Gasteiger partial charge in [-0.2, -0.15) is 0 Å². The van der Waals surface area contributed by atoms with Gasteiger partial charge in [0.1, 0.15) is 18.2 Å². The molecule has 5 heteroatoms. The summed E-state index contributed by atoms with van der Waals surface area (Å²) in [6, 6.07) is 22.1. The Labute approximate surface area is 154 Å². The lowest BCUT2D eigenvalue weighted by Crippen LogP contribution is -2.21. The van der Waals surface area contributed by atoms with E-state index in [9.17, 15) is 4.39 Å². The molecule has 0 radical (unpaired) electrons. The first kappa shape index (κ1) is 17.5. The lowest BCUT2D eigenvalue weighted by molar-refractivity contribution is 0.302. The molecule has 0 amide bonds. The molecule has 0 aromatic heterocycles. The molecule has 3 aromatic rings. The lowest BCUT2D eigenvalue weighted by atomic mass is 10.2. The molecule has 0 saturated heterocycles. The van der Waals surface area contributed by atoms with Gasteiger partial charge in [0.15, 0.2) is 0 Å². The highest BCUT2D eigenvalue weighted by molar-refractivity contribution is 9.10. The normalized spacial score (nSPS) is 10.5. The maximum absolute atomic E-state index is 13.0. The SMILES string of the molecule is Fc1ccc(COc2ccc(Br)cc2CNNc2ccccc2)cc1. The van der Waals surface area contributed by atoms with E-state index >= 15 is 0 Å². The zero-order valence-electron chi connectivity index (χ0n) is 13.5. The van der Waals surface area contributed by atoms with Gasteiger partial charge in [-0.05, 0) is 48.0 Å². The van der Waals surface area contributed by atoms with Gasteiger partial charge in [-0.1, -0.05) is 46.3 Å². The van der Waals surface area contributed by atoms with Crippen molar-refractivity contribution in [3.63, 3.8) is 0 Å². The molecule has 0 atom stereocenters. The highest BCUT2D eigenvalue weighted by Crippen LogP contribution is 2.24. The van der Waals surface area contributed by atoms with Gasteiger partial charge in [0.25, 0.3) is 0 Å². The Bertz CT molecular complexity index is 810. The minimum absolute atomic E-state index is 0.246. The second-order valence-corrected chi connectivity index (χ2v) is 6.43. The van der Waals surface area contributed by atoms with Crippen LogP contribution in [0.4, 0.5) is 10.1 Å². The molecule has 0 spiro atoms. The van der Waals surface area contributed by atoms with Crippen molar-refractivity contribution < 1.29 is 9.13 Å². The predicted octanol–water partition coefficient (Wildman–Crippen LogP) is 5.28. The Morgan fingerprint density at radius 1 is 0.920 bits per heavy atom. The van der Waals surface area contributed by atoms with Gasteiger partial charge < -0.3 is 10.2 Å². The second-order valence-electron chi connectivity index (χ2n) is 5.51. The second kappa shape index (κ2) is 8.65. The van der Waals surface area contributed by atoms with E-state index in [0.717, 1.165) is 27.0 Å². The van der Waals surface area contributed by atoms with Gasteiger partial charge in [-0.3, -0.25) is 0 Å². The van der Waals surface area contributed by atoms with Crippen LogP contribution < -0.4 is 15.6 Å². The third kappa shape index (κ3) is 5.31. The Kier molecular flexibility index (Phi) is 6.04. The number of nitrogens with one attached hydrogen (secondary N) is 2. The summed E-state index contributed by atoms with van der Waals surface area (Å²) in [5.41, 5.74) is 9.28. The molecule has 0 unspecified atom stereocenters. The van der Waals surface area contributed by atoms with Crippen LogP contribution in [0, 0.1) is 5.82 Å². The summed E-state index contributed by atoms with van der Waals surface area (Å²) in [7, 11) is 0. The van der Waals surface area contributed by atoms with Crippen molar-refractivity contribution in [2.24, 2.45) is 0 Å². The van der Waals surface area contributed by atoms with Gasteiger partial charge in [0.2, 0.25) is 0 Å². The Morgan fingerprint density at radius 3 is 2.44 bits per heavy atom. The summed E-state index contributed by atoms with van der Waals surface area (Å²) < 4.78 is 19.9. The van der Waals surface area contributed by atoms with Crippen LogP contribution in [0.2, 0.25) is 0 Å². The lowest BCUT2D eigenvalue weighted by Gasteiger charge is -2.14. The molecular weight excluding hydrogens is 383 g/mol. The summed E-state index contributed by atoms with van der Waals surface area (Å²) in [5.74, 6) is 0.541. The van der Waals surface area contributed by atoms with Crippen molar-refractivity contribution in [3.05, 3.63) is 94.2 Å². The molecule has 0 heterocycles. The zero-order chi connectivity index (χ0) is 17.5. The molecule has 25 heavy (non-hydrogen) atoms. The first-order valence-electron chi connectivity index (χ1n) is 7.90. The highest BCUT2D eigenvalue weighted by Gasteiger charge is 2.06. The fraction of sp³-hybridized carbons (Fsp3) is 0.100. The zero-order valence-corrected chi connectivity index (χ0v) is 15.1. The molecule has 3 rings (SSSR count). The topological polar surface area (TPSA) is 33.3 Å². The van der Waals surface area contributed by atoms with Crippen LogP contribution in [0.1, 0.15) is 11.1 Å². The summed E-state index contributed by atoms with van der Waals surface area (Å²) in [5, 5.41) is 0. The summed E-state index contributed by atoms with van der Waals surface area (Å²) in [4.78, 5) is 0. The Morgan fingerprint density at radius 2 is 1.68 bits per heavy atom. The van der Waals surface area contributed by atoms with E-state index in [1.165, 1.54) is 12.1 Å². The monoisotopic (exact) mass is 400 g/mol. The van der Waals surface area contributed by atoms with Gasteiger partial charge in [-0.15, -0.1) is 0 Å². The number of hydrazine groups is 1. The van der Waals surface area contributed by atoms with Crippen molar-refractivity contribution in [1.82, 2.24) is 5.43 Å². The standard InChI is InChI=1S/C20H18BrFN2O/c21-17-8-11-20(25-14-15-6-9-18(22)10-7-15)16(12-17)13-23-24-19-4-2-1-3-5-19/h1-12,23-24H,13-14H2. The maximum atomic E-state index is 13.0. The molecule has 0 saturated carbocycles. The summed E-state index contributed by atoms with van der Waals surface area (Å²) in [6.45, 7) is 0.980. The quantitative estimate of drug-likeness (QED) is 0.529. The van der Waals surface area contributed by atoms with Gasteiger partial charge in [0, 0.05) is 22.3 Å². The van der Waals surface area contributed by atoms with E-state index in [2.05, 4.69) is 26.8 Å². The number of rotatable bonds is 7. The molecule has 0 aliphatic heterocycles. The predicted molar refractivity (Wildman–Crippen MR) is 102 cm³/mol. The molecule has 0 fully saturated rings. The highest BCUT2D eigenvalue weighted by atomic mass is 79.9.